The molecule has 0 aromatic carbocycles. The van der Waals surface area contributed by atoms with Gasteiger partial charge in [-0.05, 0) is 5.92 Å². The van der Waals surface area contributed by atoms with E-state index < -0.39 is 0 Å². The van der Waals surface area contributed by atoms with Gasteiger partial charge in [0.15, 0.2) is 5.69 Å². The molecule has 0 bridgehead atoms. The van der Waals surface area contributed by atoms with Crippen LogP contribution in [0.15, 0.2) is 10.7 Å². The van der Waals surface area contributed by atoms with Gasteiger partial charge in [0.25, 0.3) is 5.91 Å². The van der Waals surface area contributed by atoms with E-state index in [1.165, 1.54) is 13.2 Å². The smallest absolute Gasteiger partial charge is 0.273 e. The SMILES string of the molecule is CC(=O)NCCNC(=O)c1coc(C(N)C(C)C)n1. The summed E-state index contributed by atoms with van der Waals surface area (Å²) in [6.45, 7) is 6.01. The van der Waals surface area contributed by atoms with Gasteiger partial charge in [-0.3, -0.25) is 9.59 Å². The van der Waals surface area contributed by atoms with Gasteiger partial charge in [-0.15, -0.1) is 0 Å². The zero-order chi connectivity index (χ0) is 14.4. The van der Waals surface area contributed by atoms with Crippen molar-refractivity contribution in [1.82, 2.24) is 15.6 Å². The minimum Gasteiger partial charge on any atom is -0.446 e. The maximum Gasteiger partial charge on any atom is 0.273 e. The zero-order valence-corrected chi connectivity index (χ0v) is 11.4. The van der Waals surface area contributed by atoms with Crippen LogP contribution < -0.4 is 16.4 Å². The number of amides is 2. The Hall–Kier alpha value is -1.89. The fraction of sp³-hybridized carbons (Fsp3) is 0.583. The summed E-state index contributed by atoms with van der Waals surface area (Å²) >= 11 is 0. The number of nitrogens with zero attached hydrogens (tertiary/aromatic N) is 1. The number of carbonyl (C=O) groups excluding carboxylic acids is 2. The van der Waals surface area contributed by atoms with Crippen molar-refractivity contribution in [2.24, 2.45) is 11.7 Å². The molecule has 0 saturated carbocycles. The first kappa shape index (κ1) is 15.2. The molecule has 1 heterocycles. The molecule has 1 unspecified atom stereocenters. The summed E-state index contributed by atoms with van der Waals surface area (Å²) in [5, 5.41) is 5.19. The third-order valence-electron chi connectivity index (χ3n) is 2.54. The average molecular weight is 268 g/mol. The van der Waals surface area contributed by atoms with E-state index in [0.717, 1.165) is 0 Å². The standard InChI is InChI=1S/C12H20N4O3/c1-7(2)10(13)12-16-9(6-19-12)11(18)15-5-4-14-8(3)17/h6-7,10H,4-5,13H2,1-3H3,(H,14,17)(H,15,18). The summed E-state index contributed by atoms with van der Waals surface area (Å²) < 4.78 is 5.19. The lowest BCUT2D eigenvalue weighted by Crippen LogP contribution is -2.33. The monoisotopic (exact) mass is 268 g/mol. The average Bonchev–Trinajstić information content (AvgIpc) is 2.82. The normalized spacial score (nSPS) is 12.3. The van der Waals surface area contributed by atoms with Crippen molar-refractivity contribution < 1.29 is 14.0 Å². The number of hydrogen-bond acceptors (Lipinski definition) is 5. The molecule has 1 rings (SSSR count). The Balaban J connectivity index is 2.47. The number of hydrogen-bond donors (Lipinski definition) is 3. The van der Waals surface area contributed by atoms with Crippen LogP contribution in [0.3, 0.4) is 0 Å². The molecular weight excluding hydrogens is 248 g/mol. The lowest BCUT2D eigenvalue weighted by molar-refractivity contribution is -0.118. The molecule has 0 radical (unpaired) electrons. The molecule has 1 aromatic heterocycles. The minimum atomic E-state index is -0.351. The lowest BCUT2D eigenvalue weighted by Gasteiger charge is -2.10. The van der Waals surface area contributed by atoms with Crippen molar-refractivity contribution in [2.75, 3.05) is 13.1 Å². The van der Waals surface area contributed by atoms with Gasteiger partial charge in [-0.1, -0.05) is 13.8 Å². The van der Waals surface area contributed by atoms with Gasteiger partial charge in [-0.25, -0.2) is 4.98 Å². The van der Waals surface area contributed by atoms with Crippen LogP contribution in [0.1, 0.15) is 43.2 Å². The minimum absolute atomic E-state index is 0.138. The number of rotatable bonds is 6. The molecule has 0 aliphatic rings. The Morgan fingerprint density at radius 3 is 2.58 bits per heavy atom. The highest BCUT2D eigenvalue weighted by atomic mass is 16.3. The number of oxazole rings is 1. The molecule has 7 nitrogen and oxygen atoms in total. The first-order valence-electron chi connectivity index (χ1n) is 6.15. The maximum absolute atomic E-state index is 11.7. The molecule has 1 aromatic rings. The zero-order valence-electron chi connectivity index (χ0n) is 11.4. The molecule has 7 heteroatoms. The second-order valence-electron chi connectivity index (χ2n) is 4.58. The Kier molecular flexibility index (Phi) is 5.50. The second kappa shape index (κ2) is 6.89. The highest BCUT2D eigenvalue weighted by Crippen LogP contribution is 2.17. The Labute approximate surface area is 111 Å². The fourth-order valence-electron chi connectivity index (χ4n) is 1.34. The van der Waals surface area contributed by atoms with E-state index in [-0.39, 0.29) is 29.5 Å². The van der Waals surface area contributed by atoms with E-state index in [9.17, 15) is 9.59 Å². The number of nitrogens with one attached hydrogen (secondary N) is 2. The number of aromatic nitrogens is 1. The van der Waals surface area contributed by atoms with E-state index in [4.69, 9.17) is 10.2 Å². The predicted octanol–water partition coefficient (Wildman–Crippen LogP) is 0.196. The molecule has 106 valence electrons. The Morgan fingerprint density at radius 1 is 1.37 bits per heavy atom. The molecule has 0 spiro atoms. The number of carbonyl (C=O) groups is 2. The van der Waals surface area contributed by atoms with Crippen molar-refractivity contribution in [3.63, 3.8) is 0 Å². The van der Waals surface area contributed by atoms with Crippen molar-refractivity contribution >= 4 is 11.8 Å². The Bertz CT molecular complexity index is 442. The van der Waals surface area contributed by atoms with Crippen LogP contribution in [-0.4, -0.2) is 29.9 Å². The maximum atomic E-state index is 11.7. The van der Waals surface area contributed by atoms with Gasteiger partial charge in [-0.2, -0.15) is 0 Å². The van der Waals surface area contributed by atoms with Crippen LogP contribution in [-0.2, 0) is 4.79 Å². The third kappa shape index (κ3) is 4.70. The quantitative estimate of drug-likeness (QED) is 0.638. The van der Waals surface area contributed by atoms with Crippen LogP contribution in [0.2, 0.25) is 0 Å². The Morgan fingerprint density at radius 2 is 2.00 bits per heavy atom. The summed E-state index contributed by atoms with van der Waals surface area (Å²) in [6.07, 6.45) is 1.28. The van der Waals surface area contributed by atoms with E-state index in [0.29, 0.717) is 19.0 Å². The van der Waals surface area contributed by atoms with Crippen molar-refractivity contribution in [3.05, 3.63) is 17.8 Å². The number of nitrogens with two attached hydrogens (primary N) is 1. The van der Waals surface area contributed by atoms with Crippen molar-refractivity contribution in [3.8, 4) is 0 Å². The molecule has 0 fully saturated rings. The molecule has 4 N–H and O–H groups in total. The van der Waals surface area contributed by atoms with Gasteiger partial charge >= 0.3 is 0 Å². The fourth-order valence-corrected chi connectivity index (χ4v) is 1.34. The van der Waals surface area contributed by atoms with E-state index >= 15 is 0 Å². The molecule has 0 saturated heterocycles. The predicted molar refractivity (Wildman–Crippen MR) is 69.3 cm³/mol. The van der Waals surface area contributed by atoms with E-state index in [1.807, 2.05) is 13.8 Å². The summed E-state index contributed by atoms with van der Waals surface area (Å²) in [5.74, 6) is 0.0357. The van der Waals surface area contributed by atoms with Crippen LogP contribution in [0.4, 0.5) is 0 Å². The largest absolute Gasteiger partial charge is 0.446 e. The first-order chi connectivity index (χ1) is 8.91. The molecular formula is C12H20N4O3. The third-order valence-corrected chi connectivity index (χ3v) is 2.54. The molecule has 0 aliphatic heterocycles. The summed E-state index contributed by atoms with van der Waals surface area (Å²) in [4.78, 5) is 26.4. The van der Waals surface area contributed by atoms with Crippen LogP contribution in [0.5, 0.6) is 0 Å². The van der Waals surface area contributed by atoms with Gasteiger partial charge in [0.05, 0.1) is 6.04 Å². The summed E-state index contributed by atoms with van der Waals surface area (Å²) in [5.41, 5.74) is 6.06. The van der Waals surface area contributed by atoms with Crippen molar-refractivity contribution in [1.29, 1.82) is 0 Å². The van der Waals surface area contributed by atoms with Gasteiger partial charge in [0.2, 0.25) is 11.8 Å². The van der Waals surface area contributed by atoms with Gasteiger partial charge < -0.3 is 20.8 Å². The lowest BCUT2D eigenvalue weighted by atomic mass is 10.1. The summed E-state index contributed by atoms with van der Waals surface area (Å²) in [6, 6.07) is -0.332. The van der Waals surface area contributed by atoms with Gasteiger partial charge in [0.1, 0.15) is 6.26 Å². The van der Waals surface area contributed by atoms with Crippen LogP contribution in [0, 0.1) is 5.92 Å². The molecule has 1 atom stereocenters. The van der Waals surface area contributed by atoms with E-state index in [2.05, 4.69) is 15.6 Å². The molecule has 2 amide bonds. The highest BCUT2D eigenvalue weighted by molar-refractivity contribution is 5.91. The van der Waals surface area contributed by atoms with E-state index in [1.54, 1.807) is 0 Å². The second-order valence-corrected chi connectivity index (χ2v) is 4.58. The van der Waals surface area contributed by atoms with Crippen molar-refractivity contribution in [2.45, 2.75) is 26.8 Å². The van der Waals surface area contributed by atoms with Crippen LogP contribution in [0.25, 0.3) is 0 Å². The first-order valence-corrected chi connectivity index (χ1v) is 6.15. The summed E-state index contributed by atoms with van der Waals surface area (Å²) in [7, 11) is 0. The molecule has 0 aliphatic carbocycles. The van der Waals surface area contributed by atoms with Gasteiger partial charge in [0, 0.05) is 20.0 Å². The highest BCUT2D eigenvalue weighted by Gasteiger charge is 2.19. The van der Waals surface area contributed by atoms with Crippen LogP contribution >= 0.6 is 0 Å². The molecule has 19 heavy (non-hydrogen) atoms. The topological polar surface area (TPSA) is 110 Å².